The van der Waals surface area contributed by atoms with E-state index in [-0.39, 0.29) is 0 Å². The highest BCUT2D eigenvalue weighted by Crippen LogP contribution is 1.74. The monoisotopic (exact) mass is 162 g/mol. The summed E-state index contributed by atoms with van der Waals surface area (Å²) >= 11 is 0. The smallest absolute Gasteiger partial charge is 0.0955 e. The van der Waals surface area contributed by atoms with Crippen molar-refractivity contribution in [3.8, 4) is 0 Å². The van der Waals surface area contributed by atoms with Crippen LogP contribution in [0, 0.1) is 0 Å². The Kier molecular flexibility index (Phi) is 2.86. The summed E-state index contributed by atoms with van der Waals surface area (Å²) in [7, 11) is 1.99. The van der Waals surface area contributed by atoms with Gasteiger partial charge in [0.05, 0.1) is 17.0 Å². The van der Waals surface area contributed by atoms with E-state index in [2.05, 4.69) is 24.6 Å². The third-order valence-electron chi connectivity index (χ3n) is 1.69. The first-order chi connectivity index (χ1) is 5.79. The number of imidazole rings is 1. The van der Waals surface area contributed by atoms with Crippen molar-refractivity contribution in [3.05, 3.63) is 29.7 Å². The summed E-state index contributed by atoms with van der Waals surface area (Å²) in [6.45, 7) is 5.76. The van der Waals surface area contributed by atoms with Gasteiger partial charge < -0.3 is 4.57 Å². The molecule has 0 spiro atoms. The van der Waals surface area contributed by atoms with Gasteiger partial charge in [0.25, 0.3) is 0 Å². The predicted molar refractivity (Wildman–Crippen MR) is 51.9 cm³/mol. The largest absolute Gasteiger partial charge is 0.334 e. The Hall–Kier alpha value is -1.31. The molecule has 0 saturated carbocycles. The van der Waals surface area contributed by atoms with Crippen LogP contribution in [0.15, 0.2) is 19.0 Å². The van der Waals surface area contributed by atoms with Crippen LogP contribution in [0.5, 0.6) is 0 Å². The van der Waals surface area contributed by atoms with Gasteiger partial charge in [-0.3, -0.25) is 0 Å². The first-order valence-electron chi connectivity index (χ1n) is 4.10. The molecular weight excluding hydrogens is 148 g/mol. The van der Waals surface area contributed by atoms with Gasteiger partial charge in [-0.2, -0.15) is 0 Å². The molecule has 0 bridgehead atoms. The second kappa shape index (κ2) is 3.90. The minimum absolute atomic E-state index is 0.995. The molecule has 2 heteroatoms. The first kappa shape index (κ1) is 8.78. The Morgan fingerprint density at radius 1 is 1.67 bits per heavy atom. The Labute approximate surface area is 72.6 Å². The second-order valence-corrected chi connectivity index (χ2v) is 2.64. The number of hydrogen-bond acceptors (Lipinski definition) is 1. The number of aryl methyl sites for hydroxylation is 1. The van der Waals surface area contributed by atoms with E-state index in [1.54, 1.807) is 6.08 Å². The van der Waals surface area contributed by atoms with Crippen molar-refractivity contribution in [1.29, 1.82) is 0 Å². The molecule has 1 aromatic rings. The van der Waals surface area contributed by atoms with E-state index in [1.807, 2.05) is 24.0 Å². The van der Waals surface area contributed by atoms with E-state index in [0.717, 1.165) is 17.1 Å². The molecule has 0 aliphatic heterocycles. The van der Waals surface area contributed by atoms with Gasteiger partial charge in [0, 0.05) is 7.05 Å². The Balaban J connectivity index is 3.41. The molecule has 0 aliphatic rings. The van der Waals surface area contributed by atoms with Crippen molar-refractivity contribution in [2.24, 2.45) is 7.05 Å². The van der Waals surface area contributed by atoms with Crippen LogP contribution in [0.25, 0.3) is 12.2 Å². The SMILES string of the molecule is C=C/C=c1/ncn(C)/c1=C/CC. The maximum Gasteiger partial charge on any atom is 0.0955 e. The fraction of sp³-hybridized carbons (Fsp3) is 0.300. The zero-order valence-electron chi connectivity index (χ0n) is 7.62. The third-order valence-corrected chi connectivity index (χ3v) is 1.69. The van der Waals surface area contributed by atoms with Crippen molar-refractivity contribution >= 4 is 12.2 Å². The maximum atomic E-state index is 4.23. The van der Waals surface area contributed by atoms with Gasteiger partial charge in [0.2, 0.25) is 0 Å². The summed E-state index contributed by atoms with van der Waals surface area (Å²) < 4.78 is 2.01. The summed E-state index contributed by atoms with van der Waals surface area (Å²) in [5.41, 5.74) is 0. The molecular formula is C10H14N2. The highest BCUT2D eigenvalue weighted by atomic mass is 15.0. The van der Waals surface area contributed by atoms with Gasteiger partial charge in [-0.15, -0.1) is 0 Å². The number of hydrogen-bond donors (Lipinski definition) is 0. The van der Waals surface area contributed by atoms with Gasteiger partial charge in [-0.1, -0.05) is 25.7 Å². The lowest BCUT2D eigenvalue weighted by molar-refractivity contribution is 0.877. The summed E-state index contributed by atoms with van der Waals surface area (Å²) in [6, 6.07) is 0. The highest BCUT2D eigenvalue weighted by molar-refractivity contribution is 5.34. The average Bonchev–Trinajstić information content (AvgIpc) is 2.37. The molecule has 0 amide bonds. The van der Waals surface area contributed by atoms with Crippen LogP contribution in [0.1, 0.15) is 13.3 Å². The van der Waals surface area contributed by atoms with Gasteiger partial charge in [-0.25, -0.2) is 4.98 Å². The lowest BCUT2D eigenvalue weighted by Crippen LogP contribution is -2.28. The van der Waals surface area contributed by atoms with E-state index in [9.17, 15) is 0 Å². The Bertz CT molecular complexity index is 371. The van der Waals surface area contributed by atoms with Crippen LogP contribution >= 0.6 is 0 Å². The molecule has 12 heavy (non-hydrogen) atoms. The van der Waals surface area contributed by atoms with Crippen molar-refractivity contribution in [1.82, 2.24) is 9.55 Å². The van der Waals surface area contributed by atoms with Crippen LogP contribution in [0.3, 0.4) is 0 Å². The zero-order chi connectivity index (χ0) is 8.97. The fourth-order valence-corrected chi connectivity index (χ4v) is 1.14. The molecule has 0 saturated heterocycles. The lowest BCUT2D eigenvalue weighted by Gasteiger charge is -1.87. The topological polar surface area (TPSA) is 17.8 Å². The number of aromatic nitrogens is 2. The van der Waals surface area contributed by atoms with Crippen molar-refractivity contribution in [2.45, 2.75) is 13.3 Å². The van der Waals surface area contributed by atoms with Crippen molar-refractivity contribution < 1.29 is 0 Å². The van der Waals surface area contributed by atoms with Crippen LogP contribution in [-0.2, 0) is 7.05 Å². The summed E-state index contributed by atoms with van der Waals surface area (Å²) in [6.07, 6.45) is 8.67. The molecule has 1 aromatic heterocycles. The molecule has 64 valence electrons. The number of allylic oxidation sites excluding steroid dienone is 1. The van der Waals surface area contributed by atoms with Crippen LogP contribution < -0.4 is 10.7 Å². The molecule has 0 aliphatic carbocycles. The highest BCUT2D eigenvalue weighted by Gasteiger charge is 1.89. The average molecular weight is 162 g/mol. The molecule has 0 unspecified atom stereocenters. The molecule has 0 radical (unpaired) electrons. The van der Waals surface area contributed by atoms with Crippen molar-refractivity contribution in [2.75, 3.05) is 0 Å². The van der Waals surface area contributed by atoms with Crippen LogP contribution in [0.2, 0.25) is 0 Å². The summed E-state index contributed by atoms with van der Waals surface area (Å²) in [4.78, 5) is 4.23. The maximum absolute atomic E-state index is 4.23. The minimum atomic E-state index is 0.995. The number of nitrogens with zero attached hydrogens (tertiary/aromatic N) is 2. The van der Waals surface area contributed by atoms with Gasteiger partial charge in [-0.05, 0) is 12.5 Å². The van der Waals surface area contributed by atoms with E-state index in [0.29, 0.717) is 0 Å². The summed E-state index contributed by atoms with van der Waals surface area (Å²) in [5.74, 6) is 0. The van der Waals surface area contributed by atoms with Crippen molar-refractivity contribution in [3.63, 3.8) is 0 Å². The van der Waals surface area contributed by atoms with Crippen LogP contribution in [0.4, 0.5) is 0 Å². The summed E-state index contributed by atoms with van der Waals surface area (Å²) in [5, 5.41) is 2.16. The molecule has 1 rings (SSSR count). The Morgan fingerprint density at radius 3 is 3.00 bits per heavy atom. The molecule has 2 nitrogen and oxygen atoms in total. The van der Waals surface area contributed by atoms with E-state index >= 15 is 0 Å². The van der Waals surface area contributed by atoms with Gasteiger partial charge in [0.15, 0.2) is 0 Å². The standard InChI is InChI=1S/C10H14N2/c1-4-6-9-10(7-5-2)12(3)8-11-9/h4,6-8H,1,5H2,2-3H3/b9-6+,10-7+. The van der Waals surface area contributed by atoms with E-state index in [1.165, 1.54) is 0 Å². The predicted octanol–water partition coefficient (Wildman–Crippen LogP) is 0.577. The van der Waals surface area contributed by atoms with Gasteiger partial charge >= 0.3 is 0 Å². The zero-order valence-corrected chi connectivity index (χ0v) is 7.62. The fourth-order valence-electron chi connectivity index (χ4n) is 1.14. The quantitative estimate of drug-likeness (QED) is 0.622. The first-order valence-corrected chi connectivity index (χ1v) is 4.10. The van der Waals surface area contributed by atoms with E-state index in [4.69, 9.17) is 0 Å². The lowest BCUT2D eigenvalue weighted by atomic mass is 10.4. The molecule has 0 atom stereocenters. The normalized spacial score (nSPS) is 13.8. The molecule has 0 N–H and O–H groups in total. The second-order valence-electron chi connectivity index (χ2n) is 2.64. The number of rotatable bonds is 2. The molecule has 0 aromatic carbocycles. The Morgan fingerprint density at radius 2 is 2.42 bits per heavy atom. The van der Waals surface area contributed by atoms with E-state index < -0.39 is 0 Å². The molecule has 1 heterocycles. The third kappa shape index (κ3) is 1.64. The molecule has 0 fully saturated rings. The van der Waals surface area contributed by atoms with Crippen LogP contribution in [-0.4, -0.2) is 9.55 Å². The van der Waals surface area contributed by atoms with Gasteiger partial charge in [0.1, 0.15) is 0 Å². The minimum Gasteiger partial charge on any atom is -0.334 e.